The van der Waals surface area contributed by atoms with Gasteiger partial charge in [0.15, 0.2) is 0 Å². The van der Waals surface area contributed by atoms with Gasteiger partial charge in [0.1, 0.15) is 0 Å². The Morgan fingerprint density at radius 2 is 2.22 bits per heavy atom. The molecule has 0 amide bonds. The van der Waals surface area contributed by atoms with Crippen LogP contribution in [0, 0.1) is 0 Å². The summed E-state index contributed by atoms with van der Waals surface area (Å²) < 4.78 is 0. The summed E-state index contributed by atoms with van der Waals surface area (Å²) in [5.74, 6) is 0.427. The van der Waals surface area contributed by atoms with Gasteiger partial charge >= 0.3 is 0 Å². The van der Waals surface area contributed by atoms with Gasteiger partial charge in [0.05, 0.1) is 16.6 Å². The molecule has 0 aliphatic rings. The van der Waals surface area contributed by atoms with E-state index in [1.807, 2.05) is 16.8 Å². The van der Waals surface area contributed by atoms with Crippen molar-refractivity contribution in [1.82, 2.24) is 9.97 Å². The van der Waals surface area contributed by atoms with Crippen LogP contribution in [0.15, 0.2) is 39.8 Å². The van der Waals surface area contributed by atoms with Gasteiger partial charge in [0, 0.05) is 11.1 Å². The number of hydrogen-bond donors (Lipinski definition) is 3. The summed E-state index contributed by atoms with van der Waals surface area (Å²) in [6.07, 6.45) is 0. The first-order valence-corrected chi connectivity index (χ1v) is 6.25. The Bertz CT molecular complexity index is 748. The second-order valence-corrected chi connectivity index (χ2v) is 4.61. The molecule has 0 atom stereocenters. The van der Waals surface area contributed by atoms with Crippen molar-refractivity contribution in [3.63, 3.8) is 0 Å². The highest BCUT2D eigenvalue weighted by Gasteiger charge is 2.04. The SMILES string of the molecule is Nc1ccc2nc(Nc3ccsc3)[nH]c(=O)c2c1. The Morgan fingerprint density at radius 3 is 3.00 bits per heavy atom. The number of nitrogens with one attached hydrogen (secondary N) is 2. The topological polar surface area (TPSA) is 83.8 Å². The zero-order chi connectivity index (χ0) is 12.5. The minimum absolute atomic E-state index is 0.204. The maximum absolute atomic E-state index is 11.9. The van der Waals surface area contributed by atoms with Crippen LogP contribution in [0.3, 0.4) is 0 Å². The summed E-state index contributed by atoms with van der Waals surface area (Å²) in [5.41, 5.74) is 7.51. The third kappa shape index (κ3) is 1.93. The summed E-state index contributed by atoms with van der Waals surface area (Å²) in [6, 6.07) is 7.00. The van der Waals surface area contributed by atoms with Gasteiger partial charge in [-0.05, 0) is 29.6 Å². The molecule has 2 heterocycles. The van der Waals surface area contributed by atoms with Crippen LogP contribution in [-0.4, -0.2) is 9.97 Å². The number of nitrogens with zero attached hydrogens (tertiary/aromatic N) is 1. The fourth-order valence-electron chi connectivity index (χ4n) is 1.69. The van der Waals surface area contributed by atoms with Crippen LogP contribution in [0.25, 0.3) is 10.9 Å². The number of rotatable bonds is 2. The van der Waals surface area contributed by atoms with Crippen molar-refractivity contribution >= 4 is 39.6 Å². The molecule has 6 heteroatoms. The Hall–Kier alpha value is -2.34. The molecule has 0 aliphatic carbocycles. The van der Waals surface area contributed by atoms with Gasteiger partial charge in [-0.1, -0.05) is 0 Å². The van der Waals surface area contributed by atoms with Gasteiger partial charge in [-0.2, -0.15) is 11.3 Å². The monoisotopic (exact) mass is 258 g/mol. The molecule has 18 heavy (non-hydrogen) atoms. The van der Waals surface area contributed by atoms with E-state index in [-0.39, 0.29) is 5.56 Å². The highest BCUT2D eigenvalue weighted by atomic mass is 32.1. The van der Waals surface area contributed by atoms with E-state index in [2.05, 4.69) is 15.3 Å². The van der Waals surface area contributed by atoms with Gasteiger partial charge in [0.25, 0.3) is 5.56 Å². The van der Waals surface area contributed by atoms with Gasteiger partial charge in [-0.3, -0.25) is 9.78 Å². The molecule has 5 nitrogen and oxygen atoms in total. The lowest BCUT2D eigenvalue weighted by molar-refractivity contribution is 1.17. The summed E-state index contributed by atoms with van der Waals surface area (Å²) in [5, 5.41) is 7.42. The summed E-state index contributed by atoms with van der Waals surface area (Å²) in [4.78, 5) is 18.9. The molecule has 90 valence electrons. The normalized spacial score (nSPS) is 10.7. The molecule has 1 aromatic carbocycles. The van der Waals surface area contributed by atoms with E-state index in [9.17, 15) is 4.79 Å². The van der Waals surface area contributed by atoms with Crippen molar-refractivity contribution in [1.29, 1.82) is 0 Å². The predicted octanol–water partition coefficient (Wildman–Crippen LogP) is 2.31. The van der Waals surface area contributed by atoms with Gasteiger partial charge in [0.2, 0.25) is 5.95 Å². The molecule has 2 aromatic heterocycles. The maximum Gasteiger partial charge on any atom is 0.260 e. The molecule has 0 unspecified atom stereocenters. The van der Waals surface area contributed by atoms with Crippen LogP contribution >= 0.6 is 11.3 Å². The number of anilines is 3. The molecule has 3 rings (SSSR count). The first-order chi connectivity index (χ1) is 8.72. The van der Waals surface area contributed by atoms with Crippen molar-refractivity contribution in [3.05, 3.63) is 45.4 Å². The molecule has 0 fully saturated rings. The standard InChI is InChI=1S/C12H10N4OS/c13-7-1-2-10-9(5-7)11(17)16-12(15-10)14-8-3-4-18-6-8/h1-6H,13H2,(H2,14,15,16,17). The molecule has 3 aromatic rings. The second kappa shape index (κ2) is 4.15. The number of H-pyrrole nitrogens is 1. The first-order valence-electron chi connectivity index (χ1n) is 5.31. The van der Waals surface area contributed by atoms with Gasteiger partial charge in [-0.25, -0.2) is 4.98 Å². The van der Waals surface area contributed by atoms with Crippen LogP contribution in [0.5, 0.6) is 0 Å². The van der Waals surface area contributed by atoms with Crippen LogP contribution in [-0.2, 0) is 0 Å². The van der Waals surface area contributed by atoms with E-state index < -0.39 is 0 Å². The molecule has 4 N–H and O–H groups in total. The summed E-state index contributed by atoms with van der Waals surface area (Å²) >= 11 is 1.57. The number of benzene rings is 1. The Kier molecular flexibility index (Phi) is 2.49. The van der Waals surface area contributed by atoms with Crippen LogP contribution in [0.2, 0.25) is 0 Å². The molecular weight excluding hydrogens is 248 g/mol. The van der Waals surface area contributed by atoms with Crippen LogP contribution in [0.1, 0.15) is 0 Å². The molecule has 0 aliphatic heterocycles. The zero-order valence-electron chi connectivity index (χ0n) is 9.31. The number of fused-ring (bicyclic) bond motifs is 1. The number of aromatic amines is 1. The lowest BCUT2D eigenvalue weighted by atomic mass is 10.2. The third-order valence-electron chi connectivity index (χ3n) is 2.51. The Balaban J connectivity index is 2.10. The molecule has 0 saturated heterocycles. The molecule has 0 spiro atoms. The molecule has 0 bridgehead atoms. The van der Waals surface area contributed by atoms with E-state index in [0.29, 0.717) is 22.5 Å². The Morgan fingerprint density at radius 1 is 1.33 bits per heavy atom. The fourth-order valence-corrected chi connectivity index (χ4v) is 2.28. The van der Waals surface area contributed by atoms with Gasteiger partial charge < -0.3 is 11.1 Å². The number of nitrogens with two attached hydrogens (primary N) is 1. The predicted molar refractivity (Wildman–Crippen MR) is 74.4 cm³/mol. The van der Waals surface area contributed by atoms with Crippen molar-refractivity contribution < 1.29 is 0 Å². The second-order valence-electron chi connectivity index (χ2n) is 3.83. The Labute approximate surface area is 106 Å². The molecule has 0 saturated carbocycles. The van der Waals surface area contributed by atoms with Crippen LogP contribution < -0.4 is 16.6 Å². The van der Waals surface area contributed by atoms with Crippen molar-refractivity contribution in [2.24, 2.45) is 0 Å². The quantitative estimate of drug-likeness (QED) is 0.616. The number of hydrogen-bond acceptors (Lipinski definition) is 5. The highest BCUT2D eigenvalue weighted by Crippen LogP contribution is 2.17. The average Bonchev–Trinajstić information content (AvgIpc) is 2.83. The molecule has 0 radical (unpaired) electrons. The van der Waals surface area contributed by atoms with E-state index >= 15 is 0 Å². The minimum Gasteiger partial charge on any atom is -0.399 e. The van der Waals surface area contributed by atoms with E-state index in [1.54, 1.807) is 29.5 Å². The minimum atomic E-state index is -0.204. The number of aromatic nitrogens is 2. The summed E-state index contributed by atoms with van der Waals surface area (Å²) in [7, 11) is 0. The van der Waals surface area contributed by atoms with Crippen LogP contribution in [0.4, 0.5) is 17.3 Å². The fraction of sp³-hybridized carbons (Fsp3) is 0. The van der Waals surface area contributed by atoms with Gasteiger partial charge in [-0.15, -0.1) is 0 Å². The van der Waals surface area contributed by atoms with Crippen molar-refractivity contribution in [3.8, 4) is 0 Å². The van der Waals surface area contributed by atoms with Crippen molar-refractivity contribution in [2.45, 2.75) is 0 Å². The lowest BCUT2D eigenvalue weighted by Gasteiger charge is -2.04. The largest absolute Gasteiger partial charge is 0.399 e. The smallest absolute Gasteiger partial charge is 0.260 e. The van der Waals surface area contributed by atoms with E-state index in [1.165, 1.54) is 0 Å². The third-order valence-corrected chi connectivity index (χ3v) is 3.20. The average molecular weight is 258 g/mol. The highest BCUT2D eigenvalue weighted by molar-refractivity contribution is 7.08. The number of nitrogen functional groups attached to an aromatic ring is 1. The first kappa shape index (κ1) is 10.8. The summed E-state index contributed by atoms with van der Waals surface area (Å²) in [6.45, 7) is 0. The number of thiophene rings is 1. The van der Waals surface area contributed by atoms with Crippen molar-refractivity contribution in [2.75, 3.05) is 11.1 Å². The lowest BCUT2D eigenvalue weighted by Crippen LogP contribution is -2.11. The zero-order valence-corrected chi connectivity index (χ0v) is 10.1. The van der Waals surface area contributed by atoms with E-state index in [4.69, 9.17) is 5.73 Å². The maximum atomic E-state index is 11.9. The molecular formula is C12H10N4OS. The van der Waals surface area contributed by atoms with E-state index in [0.717, 1.165) is 5.69 Å².